The zero-order valence-corrected chi connectivity index (χ0v) is 24.1. The molecule has 210 valence electrons. The Labute approximate surface area is 258 Å². The van der Waals surface area contributed by atoms with Crippen LogP contribution >= 0.6 is 0 Å². The zero-order chi connectivity index (χ0) is 29.7. The van der Waals surface area contributed by atoms with Gasteiger partial charge in [-0.3, -0.25) is 4.98 Å². The van der Waals surface area contributed by atoms with Gasteiger partial charge in [0.15, 0.2) is 17.5 Å². The molecule has 0 saturated carbocycles. The van der Waals surface area contributed by atoms with E-state index in [0.29, 0.717) is 17.5 Å². The molecule has 0 fully saturated rings. The molecule has 0 saturated heterocycles. The van der Waals surface area contributed by atoms with Gasteiger partial charge in [0.25, 0.3) is 0 Å². The van der Waals surface area contributed by atoms with Crippen molar-refractivity contribution >= 4 is 43.6 Å². The van der Waals surface area contributed by atoms with Crippen molar-refractivity contribution in [3.05, 3.63) is 146 Å². The fourth-order valence-electron chi connectivity index (χ4n) is 6.09. The van der Waals surface area contributed by atoms with E-state index >= 15 is 0 Å². The Morgan fingerprint density at radius 3 is 1.96 bits per heavy atom. The molecule has 0 amide bonds. The average Bonchev–Trinajstić information content (AvgIpc) is 3.50. The van der Waals surface area contributed by atoms with Crippen LogP contribution in [0.2, 0.25) is 0 Å². The Hall–Kier alpha value is -6.20. The summed E-state index contributed by atoms with van der Waals surface area (Å²) in [6, 6.07) is 47.7. The summed E-state index contributed by atoms with van der Waals surface area (Å²) in [5, 5.41) is 5.49. The SMILES string of the molecule is c1ccc2cc(-c3ccc(-c4nc(-c5cnc6ccccc6c5)nc(-c5cccc6oc7ccccc7c56)n4)cc3)ccc2c1. The normalized spacial score (nSPS) is 11.6. The molecule has 0 bridgehead atoms. The molecule has 3 aromatic heterocycles. The number of hydrogen-bond donors (Lipinski definition) is 0. The van der Waals surface area contributed by atoms with Gasteiger partial charge in [0.2, 0.25) is 0 Å². The first kappa shape index (κ1) is 25.3. The molecular weight excluding hydrogens is 552 g/mol. The monoisotopic (exact) mass is 576 g/mol. The minimum Gasteiger partial charge on any atom is -0.456 e. The number of benzene rings is 6. The van der Waals surface area contributed by atoms with E-state index in [1.54, 1.807) is 0 Å². The topological polar surface area (TPSA) is 64.7 Å². The van der Waals surface area contributed by atoms with Gasteiger partial charge in [0.05, 0.1) is 5.52 Å². The Morgan fingerprint density at radius 1 is 0.422 bits per heavy atom. The number of para-hydroxylation sites is 2. The summed E-state index contributed by atoms with van der Waals surface area (Å²) in [7, 11) is 0. The van der Waals surface area contributed by atoms with Crippen molar-refractivity contribution in [1.82, 2.24) is 19.9 Å². The molecule has 0 spiro atoms. The van der Waals surface area contributed by atoms with E-state index in [0.717, 1.165) is 60.7 Å². The summed E-state index contributed by atoms with van der Waals surface area (Å²) in [5.41, 5.74) is 7.48. The van der Waals surface area contributed by atoms with Crippen LogP contribution < -0.4 is 0 Å². The summed E-state index contributed by atoms with van der Waals surface area (Å²) in [6.07, 6.45) is 1.84. The van der Waals surface area contributed by atoms with Crippen molar-refractivity contribution in [2.24, 2.45) is 0 Å². The molecule has 6 aromatic carbocycles. The summed E-state index contributed by atoms with van der Waals surface area (Å²) >= 11 is 0. The van der Waals surface area contributed by atoms with Gasteiger partial charge < -0.3 is 4.42 Å². The smallest absolute Gasteiger partial charge is 0.165 e. The van der Waals surface area contributed by atoms with Crippen LogP contribution in [-0.4, -0.2) is 19.9 Å². The van der Waals surface area contributed by atoms with Crippen LogP contribution in [0, 0.1) is 0 Å². The molecule has 5 nitrogen and oxygen atoms in total. The van der Waals surface area contributed by atoms with Crippen LogP contribution in [0.15, 0.2) is 150 Å². The lowest BCUT2D eigenvalue weighted by Gasteiger charge is -2.10. The predicted molar refractivity (Wildman–Crippen MR) is 182 cm³/mol. The van der Waals surface area contributed by atoms with E-state index in [2.05, 4.69) is 91.0 Å². The first-order valence-corrected chi connectivity index (χ1v) is 14.9. The lowest BCUT2D eigenvalue weighted by atomic mass is 10.00. The highest BCUT2D eigenvalue weighted by Crippen LogP contribution is 2.37. The molecular formula is C40H24N4O. The van der Waals surface area contributed by atoms with Crippen LogP contribution in [0.1, 0.15) is 0 Å². The quantitative estimate of drug-likeness (QED) is 0.209. The second kappa shape index (κ2) is 10.2. The zero-order valence-electron chi connectivity index (χ0n) is 24.1. The molecule has 45 heavy (non-hydrogen) atoms. The molecule has 0 unspecified atom stereocenters. The predicted octanol–water partition coefficient (Wildman–Crippen LogP) is 10.1. The van der Waals surface area contributed by atoms with E-state index in [-0.39, 0.29) is 0 Å². The van der Waals surface area contributed by atoms with Crippen LogP contribution in [-0.2, 0) is 0 Å². The second-order valence-corrected chi connectivity index (χ2v) is 11.1. The van der Waals surface area contributed by atoms with Gasteiger partial charge in [-0.1, -0.05) is 109 Å². The van der Waals surface area contributed by atoms with Crippen LogP contribution in [0.3, 0.4) is 0 Å². The largest absolute Gasteiger partial charge is 0.456 e. The molecule has 0 aliphatic carbocycles. The number of hydrogen-bond acceptors (Lipinski definition) is 5. The molecule has 3 heterocycles. The maximum absolute atomic E-state index is 6.19. The number of nitrogens with zero attached hydrogens (tertiary/aromatic N) is 4. The highest BCUT2D eigenvalue weighted by atomic mass is 16.3. The van der Waals surface area contributed by atoms with Gasteiger partial charge >= 0.3 is 0 Å². The van der Waals surface area contributed by atoms with Gasteiger partial charge in [-0.25, -0.2) is 15.0 Å². The highest BCUT2D eigenvalue weighted by molar-refractivity contribution is 6.11. The standard InChI is InChI=1S/C40H24N4O/c1-2-9-28-22-29(21-18-25(28)8-1)26-16-19-27(20-17-26)38-42-39(31-23-30-10-3-5-13-34(30)41-24-31)44-40(43-38)33-12-7-15-36-37(33)32-11-4-6-14-35(32)45-36/h1-24H. The summed E-state index contributed by atoms with van der Waals surface area (Å²) < 4.78 is 6.19. The van der Waals surface area contributed by atoms with Gasteiger partial charge in [-0.2, -0.15) is 0 Å². The van der Waals surface area contributed by atoms with Crippen molar-refractivity contribution in [2.45, 2.75) is 0 Å². The van der Waals surface area contributed by atoms with Gasteiger partial charge in [-0.15, -0.1) is 0 Å². The van der Waals surface area contributed by atoms with Crippen molar-refractivity contribution in [3.63, 3.8) is 0 Å². The lowest BCUT2D eigenvalue weighted by molar-refractivity contribution is 0.669. The van der Waals surface area contributed by atoms with Crippen molar-refractivity contribution in [3.8, 4) is 45.3 Å². The summed E-state index contributed by atoms with van der Waals surface area (Å²) in [6.45, 7) is 0. The van der Waals surface area contributed by atoms with Crippen LogP contribution in [0.5, 0.6) is 0 Å². The number of rotatable bonds is 4. The average molecular weight is 577 g/mol. The maximum atomic E-state index is 6.19. The molecule has 0 N–H and O–H groups in total. The lowest BCUT2D eigenvalue weighted by Crippen LogP contribution is -2.01. The molecule has 9 rings (SSSR count). The fraction of sp³-hybridized carbons (Fsp3) is 0. The van der Waals surface area contributed by atoms with Crippen molar-refractivity contribution in [1.29, 1.82) is 0 Å². The molecule has 0 aliphatic heterocycles. The highest BCUT2D eigenvalue weighted by Gasteiger charge is 2.18. The number of furan rings is 1. The Kier molecular flexibility index (Phi) is 5.74. The van der Waals surface area contributed by atoms with E-state index in [1.165, 1.54) is 10.8 Å². The van der Waals surface area contributed by atoms with E-state index in [4.69, 9.17) is 24.4 Å². The first-order chi connectivity index (χ1) is 22.3. The van der Waals surface area contributed by atoms with E-state index < -0.39 is 0 Å². The van der Waals surface area contributed by atoms with Gasteiger partial charge in [0, 0.05) is 39.0 Å². The van der Waals surface area contributed by atoms with Crippen molar-refractivity contribution in [2.75, 3.05) is 0 Å². The fourth-order valence-corrected chi connectivity index (χ4v) is 6.09. The Bertz CT molecular complexity index is 2550. The Morgan fingerprint density at radius 2 is 1.07 bits per heavy atom. The van der Waals surface area contributed by atoms with Crippen molar-refractivity contribution < 1.29 is 4.42 Å². The number of aromatic nitrogens is 4. The summed E-state index contributed by atoms with van der Waals surface area (Å²) in [5.74, 6) is 1.74. The summed E-state index contributed by atoms with van der Waals surface area (Å²) in [4.78, 5) is 19.8. The first-order valence-electron chi connectivity index (χ1n) is 14.9. The molecule has 0 atom stereocenters. The molecule has 0 aliphatic rings. The van der Waals surface area contributed by atoms with E-state index in [1.807, 2.05) is 54.7 Å². The second-order valence-electron chi connectivity index (χ2n) is 11.1. The van der Waals surface area contributed by atoms with E-state index in [9.17, 15) is 0 Å². The third-order valence-corrected chi connectivity index (χ3v) is 8.35. The molecule has 5 heteroatoms. The third-order valence-electron chi connectivity index (χ3n) is 8.35. The minimum absolute atomic E-state index is 0.566. The number of pyridine rings is 1. The van der Waals surface area contributed by atoms with Gasteiger partial charge in [0.1, 0.15) is 11.2 Å². The maximum Gasteiger partial charge on any atom is 0.165 e. The minimum atomic E-state index is 0.566. The number of fused-ring (bicyclic) bond motifs is 5. The third kappa shape index (κ3) is 4.41. The van der Waals surface area contributed by atoms with Crippen LogP contribution in [0.25, 0.3) is 88.9 Å². The molecule has 0 radical (unpaired) electrons. The van der Waals surface area contributed by atoms with Crippen LogP contribution in [0.4, 0.5) is 0 Å². The van der Waals surface area contributed by atoms with Gasteiger partial charge in [-0.05, 0) is 52.2 Å². The Balaban J connectivity index is 1.21. The molecule has 9 aromatic rings.